The van der Waals surface area contributed by atoms with Gasteiger partial charge in [0.25, 0.3) is 11.1 Å². The van der Waals surface area contributed by atoms with Crippen molar-refractivity contribution in [3.63, 3.8) is 0 Å². The molecule has 3 aromatic rings. The molecule has 0 radical (unpaired) electrons. The lowest BCUT2D eigenvalue weighted by atomic mass is 10.1. The first-order chi connectivity index (χ1) is 14.7. The quantitative estimate of drug-likeness (QED) is 0.262. The lowest BCUT2D eigenvalue weighted by Gasteiger charge is -2.12. The van der Waals surface area contributed by atoms with Crippen molar-refractivity contribution in [2.24, 2.45) is 0 Å². The van der Waals surface area contributed by atoms with Gasteiger partial charge in [0.15, 0.2) is 0 Å². The SMILES string of the molecule is O=C1S/C(=C\c2ccc(-c3ccccc3C(F)(F)F)o2)C(=O)N1Cc1ccc(I)cc1. The highest BCUT2D eigenvalue weighted by Gasteiger charge is 2.36. The summed E-state index contributed by atoms with van der Waals surface area (Å²) in [4.78, 5) is 26.3. The van der Waals surface area contributed by atoms with Gasteiger partial charge in [-0.2, -0.15) is 13.2 Å². The van der Waals surface area contributed by atoms with E-state index in [-0.39, 0.29) is 28.5 Å². The third-order valence-electron chi connectivity index (χ3n) is 4.53. The number of imide groups is 1. The van der Waals surface area contributed by atoms with Crippen LogP contribution < -0.4 is 0 Å². The summed E-state index contributed by atoms with van der Waals surface area (Å²) in [6.45, 7) is 0.140. The number of amides is 2. The van der Waals surface area contributed by atoms with E-state index in [1.54, 1.807) is 0 Å². The van der Waals surface area contributed by atoms with E-state index >= 15 is 0 Å². The van der Waals surface area contributed by atoms with Crippen molar-refractivity contribution in [1.82, 2.24) is 4.90 Å². The van der Waals surface area contributed by atoms with Crippen molar-refractivity contribution in [2.45, 2.75) is 12.7 Å². The fraction of sp³-hybridized carbons (Fsp3) is 0.0909. The van der Waals surface area contributed by atoms with Crippen molar-refractivity contribution in [3.05, 3.63) is 86.0 Å². The molecule has 1 aromatic heterocycles. The lowest BCUT2D eigenvalue weighted by molar-refractivity contribution is -0.137. The molecule has 9 heteroatoms. The van der Waals surface area contributed by atoms with Gasteiger partial charge in [0.2, 0.25) is 0 Å². The molecule has 1 saturated heterocycles. The molecule has 1 aliphatic heterocycles. The Bertz CT molecular complexity index is 1190. The van der Waals surface area contributed by atoms with Crippen molar-refractivity contribution in [1.29, 1.82) is 0 Å². The molecule has 158 valence electrons. The van der Waals surface area contributed by atoms with Crippen LogP contribution in [0.3, 0.4) is 0 Å². The number of hydrogen-bond acceptors (Lipinski definition) is 4. The molecule has 2 amide bonds. The molecular formula is C22H13F3INO3S. The molecule has 0 atom stereocenters. The maximum atomic E-state index is 13.3. The van der Waals surface area contributed by atoms with Crippen molar-refractivity contribution in [3.8, 4) is 11.3 Å². The minimum atomic E-state index is -4.53. The van der Waals surface area contributed by atoms with E-state index in [4.69, 9.17) is 4.42 Å². The summed E-state index contributed by atoms with van der Waals surface area (Å²) in [6, 6.07) is 15.4. The third kappa shape index (κ3) is 4.72. The van der Waals surface area contributed by atoms with Crippen LogP contribution in [-0.2, 0) is 17.5 Å². The zero-order valence-electron chi connectivity index (χ0n) is 15.7. The van der Waals surface area contributed by atoms with E-state index in [9.17, 15) is 22.8 Å². The normalized spacial score (nSPS) is 15.9. The molecule has 0 bridgehead atoms. The lowest BCUT2D eigenvalue weighted by Crippen LogP contribution is -2.27. The highest BCUT2D eigenvalue weighted by Crippen LogP contribution is 2.38. The zero-order valence-corrected chi connectivity index (χ0v) is 18.6. The molecular weight excluding hydrogens is 542 g/mol. The van der Waals surface area contributed by atoms with Crippen LogP contribution in [-0.4, -0.2) is 16.0 Å². The Hall–Kier alpha value is -2.53. The van der Waals surface area contributed by atoms with Gasteiger partial charge in [0.1, 0.15) is 11.5 Å². The van der Waals surface area contributed by atoms with Gasteiger partial charge < -0.3 is 4.42 Å². The number of rotatable bonds is 4. The standard InChI is InChI=1S/C22H13F3INO3S/c23-22(24,25)17-4-2-1-3-16(17)18-10-9-15(30-18)11-19-20(28)27(21(29)31-19)12-13-5-7-14(26)8-6-13/h1-11H,12H2/b19-11-. The zero-order chi connectivity index (χ0) is 22.2. The van der Waals surface area contributed by atoms with Crippen LogP contribution in [0, 0.1) is 3.57 Å². The molecule has 0 saturated carbocycles. The minimum Gasteiger partial charge on any atom is -0.457 e. The van der Waals surface area contributed by atoms with Gasteiger partial charge in [0.05, 0.1) is 17.0 Å². The van der Waals surface area contributed by atoms with E-state index in [2.05, 4.69) is 22.6 Å². The number of alkyl halides is 3. The Kier molecular flexibility index (Phi) is 5.98. The molecule has 1 fully saturated rings. The summed E-state index contributed by atoms with van der Waals surface area (Å²) in [5.74, 6) is -0.258. The van der Waals surface area contributed by atoms with Gasteiger partial charge in [0, 0.05) is 15.2 Å². The summed E-state index contributed by atoms with van der Waals surface area (Å²) < 4.78 is 46.4. The van der Waals surface area contributed by atoms with Crippen molar-refractivity contribution < 1.29 is 27.2 Å². The summed E-state index contributed by atoms with van der Waals surface area (Å²) >= 11 is 2.93. The molecule has 1 aliphatic rings. The van der Waals surface area contributed by atoms with Gasteiger partial charge in [-0.15, -0.1) is 0 Å². The second kappa shape index (κ2) is 8.54. The van der Waals surface area contributed by atoms with Crippen LogP contribution in [0.5, 0.6) is 0 Å². The predicted molar refractivity (Wildman–Crippen MR) is 120 cm³/mol. The maximum absolute atomic E-state index is 13.3. The first-order valence-corrected chi connectivity index (χ1v) is 10.9. The number of carbonyl (C=O) groups excluding carboxylic acids is 2. The van der Waals surface area contributed by atoms with Gasteiger partial charge in [-0.3, -0.25) is 14.5 Å². The highest BCUT2D eigenvalue weighted by molar-refractivity contribution is 14.1. The molecule has 4 rings (SSSR count). The van der Waals surface area contributed by atoms with Gasteiger partial charge in [-0.25, -0.2) is 0 Å². The van der Waals surface area contributed by atoms with Crippen LogP contribution in [0.4, 0.5) is 18.0 Å². The van der Waals surface area contributed by atoms with E-state index in [1.807, 2.05) is 24.3 Å². The van der Waals surface area contributed by atoms with Crippen LogP contribution in [0.15, 0.2) is 70.0 Å². The number of carbonyl (C=O) groups is 2. The Balaban J connectivity index is 1.57. The molecule has 4 nitrogen and oxygen atoms in total. The molecule has 2 aromatic carbocycles. The average Bonchev–Trinajstić information content (AvgIpc) is 3.29. The van der Waals surface area contributed by atoms with Gasteiger partial charge in [-0.1, -0.05) is 30.3 Å². The largest absolute Gasteiger partial charge is 0.457 e. The van der Waals surface area contributed by atoms with Crippen LogP contribution in [0.1, 0.15) is 16.9 Å². The first-order valence-electron chi connectivity index (χ1n) is 8.98. The van der Waals surface area contributed by atoms with E-state index in [1.165, 1.54) is 36.4 Å². The Labute approximate surface area is 193 Å². The van der Waals surface area contributed by atoms with Gasteiger partial charge in [-0.05, 0) is 70.2 Å². The first kappa shape index (κ1) is 21.7. The van der Waals surface area contributed by atoms with Crippen LogP contribution >= 0.6 is 34.4 Å². The van der Waals surface area contributed by atoms with Crippen LogP contribution in [0.2, 0.25) is 0 Å². The van der Waals surface area contributed by atoms with E-state index < -0.39 is 22.9 Å². The number of thioether (sulfide) groups is 1. The number of hydrogen-bond donors (Lipinski definition) is 0. The smallest absolute Gasteiger partial charge is 0.417 e. The summed E-state index contributed by atoms with van der Waals surface area (Å²) in [7, 11) is 0. The van der Waals surface area contributed by atoms with Crippen LogP contribution in [0.25, 0.3) is 17.4 Å². The molecule has 2 heterocycles. The van der Waals surface area contributed by atoms with E-state index in [0.29, 0.717) is 0 Å². The summed E-state index contributed by atoms with van der Waals surface area (Å²) in [5.41, 5.74) is -0.0942. The number of furan rings is 1. The number of halogens is 4. The van der Waals surface area contributed by atoms with Crippen molar-refractivity contribution in [2.75, 3.05) is 0 Å². The molecule has 0 unspecified atom stereocenters. The number of nitrogens with zero attached hydrogens (tertiary/aromatic N) is 1. The Morgan fingerprint density at radius 3 is 2.42 bits per heavy atom. The topological polar surface area (TPSA) is 50.5 Å². The van der Waals surface area contributed by atoms with Crippen molar-refractivity contribution >= 4 is 51.6 Å². The summed E-state index contributed by atoms with van der Waals surface area (Å²) in [6.07, 6.45) is -3.15. The second-order valence-corrected chi connectivity index (χ2v) is 8.88. The Morgan fingerprint density at radius 1 is 1.00 bits per heavy atom. The Morgan fingerprint density at radius 2 is 1.71 bits per heavy atom. The fourth-order valence-electron chi connectivity index (χ4n) is 3.06. The maximum Gasteiger partial charge on any atom is 0.417 e. The highest BCUT2D eigenvalue weighted by atomic mass is 127. The van der Waals surface area contributed by atoms with Gasteiger partial charge >= 0.3 is 6.18 Å². The fourth-order valence-corrected chi connectivity index (χ4v) is 4.24. The molecule has 0 N–H and O–H groups in total. The number of benzene rings is 2. The minimum absolute atomic E-state index is 0.0253. The monoisotopic (exact) mass is 555 g/mol. The predicted octanol–water partition coefficient (Wildman–Crippen LogP) is 6.81. The molecule has 0 spiro atoms. The summed E-state index contributed by atoms with van der Waals surface area (Å²) in [5, 5.41) is -0.413. The second-order valence-electron chi connectivity index (χ2n) is 6.64. The third-order valence-corrected chi connectivity index (χ3v) is 6.15. The molecule has 31 heavy (non-hydrogen) atoms. The average molecular weight is 555 g/mol. The molecule has 0 aliphatic carbocycles. The van der Waals surface area contributed by atoms with E-state index in [0.717, 1.165) is 31.9 Å².